The highest BCUT2D eigenvalue weighted by molar-refractivity contribution is 7.47. The van der Waals surface area contributed by atoms with Crippen molar-refractivity contribution in [2.75, 3.05) is 39.6 Å². The fourth-order valence-corrected chi connectivity index (χ4v) is 15.0. The Bertz CT molecular complexity index is 2060. The fourth-order valence-electron chi connectivity index (χ4n) is 13.4. The Morgan fingerprint density at radius 1 is 0.264 bits per heavy atom. The third kappa shape index (κ3) is 77.4. The average molecular weight is 1550 g/mol. The van der Waals surface area contributed by atoms with Crippen molar-refractivity contribution >= 4 is 39.5 Å². The van der Waals surface area contributed by atoms with Gasteiger partial charge in [0.15, 0.2) is 12.2 Å². The average Bonchev–Trinajstić information content (AvgIpc) is 0.902. The van der Waals surface area contributed by atoms with Crippen LogP contribution in [0.15, 0.2) is 0 Å². The zero-order valence-corrected chi connectivity index (χ0v) is 71.9. The molecule has 0 aliphatic carbocycles. The normalized spacial score (nSPS) is 14.4. The van der Waals surface area contributed by atoms with Gasteiger partial charge in [-0.2, -0.15) is 0 Å². The van der Waals surface area contributed by atoms with Gasteiger partial charge in [0, 0.05) is 25.7 Å². The highest BCUT2D eigenvalue weighted by Gasteiger charge is 2.31. The van der Waals surface area contributed by atoms with Crippen LogP contribution in [0, 0.1) is 23.7 Å². The fraction of sp³-hybridized carbons (Fsp3) is 0.954. The highest BCUT2D eigenvalue weighted by atomic mass is 31.2. The summed E-state index contributed by atoms with van der Waals surface area (Å²) >= 11 is 0. The molecule has 0 bridgehead atoms. The molecule has 0 saturated heterocycles. The van der Waals surface area contributed by atoms with Gasteiger partial charge in [-0.25, -0.2) is 9.13 Å². The molecule has 106 heavy (non-hydrogen) atoms. The molecule has 0 aromatic rings. The number of esters is 4. The first-order chi connectivity index (χ1) is 51.2. The number of aliphatic hydroxyl groups excluding tert-OH is 1. The predicted molar refractivity (Wildman–Crippen MR) is 437 cm³/mol. The van der Waals surface area contributed by atoms with Crippen molar-refractivity contribution in [3.05, 3.63) is 0 Å². The lowest BCUT2D eigenvalue weighted by atomic mass is 9.99. The van der Waals surface area contributed by atoms with Gasteiger partial charge in [-0.1, -0.05) is 402 Å². The smallest absolute Gasteiger partial charge is 0.462 e. The number of aliphatic hydroxyl groups is 1. The van der Waals surface area contributed by atoms with Crippen LogP contribution in [0.5, 0.6) is 0 Å². The number of ether oxygens (including phenoxy) is 4. The molecule has 3 N–H and O–H groups in total. The van der Waals surface area contributed by atoms with Gasteiger partial charge in [-0.05, 0) is 49.4 Å². The third-order valence-electron chi connectivity index (χ3n) is 21.0. The molecule has 7 atom stereocenters. The summed E-state index contributed by atoms with van der Waals surface area (Å²) in [5, 5.41) is 10.7. The van der Waals surface area contributed by atoms with Gasteiger partial charge >= 0.3 is 39.5 Å². The molecule has 0 amide bonds. The minimum absolute atomic E-state index is 0.104. The van der Waals surface area contributed by atoms with Crippen LogP contribution in [-0.4, -0.2) is 96.7 Å². The maximum atomic E-state index is 13.2. The third-order valence-corrected chi connectivity index (χ3v) is 22.9. The Balaban J connectivity index is 5.21. The Morgan fingerprint density at radius 2 is 0.453 bits per heavy atom. The van der Waals surface area contributed by atoms with Crippen molar-refractivity contribution in [2.45, 2.75) is 472 Å². The maximum absolute atomic E-state index is 13.2. The van der Waals surface area contributed by atoms with Crippen LogP contribution in [0.4, 0.5) is 0 Å². The SMILES string of the molecule is CCC(C)CCCCCCCCCCCCCCCCCCCCC(=O)OC[C@H](COP(=O)(O)OCC(O)COP(=O)(O)OC[C@@H](COC(=O)CCCCCCCCCCC(C)C)OC(=O)CCCCCCCCCCC(C)CC)OC(=O)CCCCCCCCCCCCCCCCCCCCC(C)C. The summed E-state index contributed by atoms with van der Waals surface area (Å²) < 4.78 is 68.9. The van der Waals surface area contributed by atoms with Gasteiger partial charge < -0.3 is 33.8 Å². The lowest BCUT2D eigenvalue weighted by Crippen LogP contribution is -2.30. The van der Waals surface area contributed by atoms with Crippen LogP contribution in [0.25, 0.3) is 0 Å². The summed E-state index contributed by atoms with van der Waals surface area (Å²) in [5.41, 5.74) is 0. The number of phosphoric ester groups is 2. The van der Waals surface area contributed by atoms with Crippen molar-refractivity contribution in [1.82, 2.24) is 0 Å². The van der Waals surface area contributed by atoms with E-state index in [0.29, 0.717) is 25.7 Å². The van der Waals surface area contributed by atoms with E-state index in [1.807, 2.05) is 0 Å². The van der Waals surface area contributed by atoms with Crippen LogP contribution < -0.4 is 0 Å². The quantitative estimate of drug-likeness (QED) is 0.0222. The van der Waals surface area contributed by atoms with Gasteiger partial charge in [0.05, 0.1) is 26.4 Å². The first-order valence-corrected chi connectivity index (χ1v) is 47.8. The Morgan fingerprint density at radius 3 is 0.670 bits per heavy atom. The van der Waals surface area contributed by atoms with Gasteiger partial charge in [0.2, 0.25) is 0 Å². The molecule has 0 aromatic carbocycles. The molecule has 0 aromatic heterocycles. The molecule has 17 nitrogen and oxygen atoms in total. The molecule has 0 radical (unpaired) electrons. The van der Waals surface area contributed by atoms with E-state index in [4.69, 9.17) is 37.0 Å². The number of hydrogen-bond acceptors (Lipinski definition) is 15. The van der Waals surface area contributed by atoms with Gasteiger partial charge in [-0.15, -0.1) is 0 Å². The minimum Gasteiger partial charge on any atom is -0.462 e. The van der Waals surface area contributed by atoms with E-state index in [1.165, 1.54) is 257 Å². The summed E-state index contributed by atoms with van der Waals surface area (Å²) in [4.78, 5) is 73.2. The first kappa shape index (κ1) is 104. The van der Waals surface area contributed by atoms with E-state index in [2.05, 4.69) is 55.4 Å². The molecule has 0 saturated carbocycles. The summed E-state index contributed by atoms with van der Waals surface area (Å²) in [5.74, 6) is 1.08. The van der Waals surface area contributed by atoms with E-state index in [-0.39, 0.29) is 25.7 Å². The summed E-state index contributed by atoms with van der Waals surface area (Å²) in [7, 11) is -9.93. The van der Waals surface area contributed by atoms with E-state index in [9.17, 15) is 43.2 Å². The number of unbranched alkanes of at least 4 members (excludes halogenated alkanes) is 48. The molecular weight excluding hydrogens is 1380 g/mol. The van der Waals surface area contributed by atoms with E-state index >= 15 is 0 Å². The zero-order valence-electron chi connectivity index (χ0n) is 70.1. The molecule has 0 spiro atoms. The minimum atomic E-state index is -4.97. The number of rotatable bonds is 84. The number of hydrogen-bond donors (Lipinski definition) is 3. The summed E-state index contributed by atoms with van der Waals surface area (Å²) in [6.07, 6.45) is 65.4. The topological polar surface area (TPSA) is 237 Å². The van der Waals surface area contributed by atoms with Crippen molar-refractivity contribution in [2.24, 2.45) is 23.7 Å². The maximum Gasteiger partial charge on any atom is 0.472 e. The standard InChI is InChI=1S/C87H170O17P2/c1-9-79(7)65-57-49-41-32-28-24-20-16-12-14-17-21-25-29-33-43-51-59-67-84(89)97-73-82(103-86(91)69-61-53-45-34-30-26-22-18-13-11-15-19-23-27-31-39-47-55-63-77(3)4)75-101-105(93,94)99-71-81(88)72-100-106(95,96)102-76-83(74-98-85(90)68-60-52-44-37-35-40-48-56-64-78(5)6)104-87(92)70-62-54-46-38-36-42-50-58-66-80(8)10-2/h77-83,88H,9-76H2,1-8H3,(H,93,94)(H,95,96)/t79?,80?,81?,82-,83-/m1/s1. The molecule has 0 heterocycles. The van der Waals surface area contributed by atoms with Crippen LogP contribution >= 0.6 is 15.6 Å². The van der Waals surface area contributed by atoms with Gasteiger partial charge in [0.1, 0.15) is 19.3 Å². The Kier molecular flexibility index (Phi) is 74.3. The van der Waals surface area contributed by atoms with Crippen LogP contribution in [0.1, 0.15) is 453 Å². The van der Waals surface area contributed by atoms with Crippen molar-refractivity contribution < 1.29 is 80.2 Å². The monoisotopic (exact) mass is 1550 g/mol. The molecular formula is C87H170O17P2. The van der Waals surface area contributed by atoms with Gasteiger partial charge in [0.25, 0.3) is 0 Å². The summed E-state index contributed by atoms with van der Waals surface area (Å²) in [6, 6.07) is 0. The van der Waals surface area contributed by atoms with Crippen molar-refractivity contribution in [3.8, 4) is 0 Å². The van der Waals surface area contributed by atoms with Crippen LogP contribution in [0.2, 0.25) is 0 Å². The first-order valence-electron chi connectivity index (χ1n) is 44.8. The highest BCUT2D eigenvalue weighted by Crippen LogP contribution is 2.45. The van der Waals surface area contributed by atoms with E-state index < -0.39 is 97.5 Å². The lowest BCUT2D eigenvalue weighted by molar-refractivity contribution is -0.161. The lowest BCUT2D eigenvalue weighted by Gasteiger charge is -2.21. The molecule has 5 unspecified atom stereocenters. The number of carbonyl (C=O) groups is 4. The molecule has 0 rings (SSSR count). The van der Waals surface area contributed by atoms with Crippen LogP contribution in [0.3, 0.4) is 0 Å². The zero-order chi connectivity index (χ0) is 78.1. The molecule has 0 aliphatic heterocycles. The second-order valence-corrected chi connectivity index (χ2v) is 35.6. The molecule has 19 heteroatoms. The molecule has 0 fully saturated rings. The number of phosphoric acid groups is 2. The van der Waals surface area contributed by atoms with Crippen LogP contribution in [-0.2, 0) is 65.4 Å². The Labute approximate surface area is 651 Å². The largest absolute Gasteiger partial charge is 0.472 e. The van der Waals surface area contributed by atoms with Crippen molar-refractivity contribution in [3.63, 3.8) is 0 Å². The van der Waals surface area contributed by atoms with E-state index in [0.717, 1.165) is 114 Å². The molecule has 0 aliphatic rings. The Hall–Kier alpha value is -1.94. The molecule has 630 valence electrons. The van der Waals surface area contributed by atoms with E-state index in [1.54, 1.807) is 0 Å². The predicted octanol–water partition coefficient (Wildman–Crippen LogP) is 26.3. The van der Waals surface area contributed by atoms with Gasteiger partial charge in [-0.3, -0.25) is 37.3 Å². The second-order valence-electron chi connectivity index (χ2n) is 32.7. The van der Waals surface area contributed by atoms with Crippen molar-refractivity contribution in [1.29, 1.82) is 0 Å². The number of carbonyl (C=O) groups excluding carboxylic acids is 4. The summed E-state index contributed by atoms with van der Waals surface area (Å²) in [6.45, 7) is 14.3. The second kappa shape index (κ2) is 75.7.